The lowest BCUT2D eigenvalue weighted by molar-refractivity contribution is 0.567. The average molecular weight is 248 g/mol. The van der Waals surface area contributed by atoms with Gasteiger partial charge in [0.1, 0.15) is 18.0 Å². The minimum atomic E-state index is -4.05. The predicted molar refractivity (Wildman–Crippen MR) is 55.7 cm³/mol. The van der Waals surface area contributed by atoms with E-state index in [4.69, 9.17) is 0 Å². The van der Waals surface area contributed by atoms with Gasteiger partial charge in [0, 0.05) is 20.2 Å². The highest BCUT2D eigenvalue weighted by atomic mass is 32.2. The molecule has 0 heterocycles. The van der Waals surface area contributed by atoms with Crippen LogP contribution >= 0.6 is 0 Å². The van der Waals surface area contributed by atoms with Gasteiger partial charge in [-0.25, -0.2) is 8.78 Å². The summed E-state index contributed by atoms with van der Waals surface area (Å²) < 4.78 is 51.8. The van der Waals surface area contributed by atoms with E-state index in [9.17, 15) is 17.2 Å². The third-order valence-electron chi connectivity index (χ3n) is 1.55. The van der Waals surface area contributed by atoms with Gasteiger partial charge < -0.3 is 4.90 Å². The molecule has 0 aromatic heterocycles. The van der Waals surface area contributed by atoms with Crippen LogP contribution in [0.3, 0.4) is 0 Å². The molecular formula is C9H10F2N2O2S. The van der Waals surface area contributed by atoms with Gasteiger partial charge in [0.25, 0.3) is 10.0 Å². The van der Waals surface area contributed by atoms with Crippen molar-refractivity contribution in [1.82, 2.24) is 4.90 Å². The van der Waals surface area contributed by atoms with Crippen molar-refractivity contribution in [3.05, 3.63) is 29.8 Å². The van der Waals surface area contributed by atoms with Crippen LogP contribution < -0.4 is 0 Å². The molecule has 16 heavy (non-hydrogen) atoms. The van der Waals surface area contributed by atoms with Crippen molar-refractivity contribution in [3.63, 3.8) is 0 Å². The molecule has 0 aliphatic carbocycles. The number of rotatable bonds is 3. The molecule has 0 unspecified atom stereocenters. The van der Waals surface area contributed by atoms with Gasteiger partial charge in [0.05, 0.1) is 4.90 Å². The number of nitrogens with zero attached hydrogens (tertiary/aromatic N) is 2. The summed E-state index contributed by atoms with van der Waals surface area (Å²) in [6.45, 7) is 0. The summed E-state index contributed by atoms with van der Waals surface area (Å²) in [6.07, 6.45) is 1.04. The lowest BCUT2D eigenvalue weighted by Crippen LogP contribution is -2.10. The van der Waals surface area contributed by atoms with Crippen molar-refractivity contribution in [2.24, 2.45) is 4.40 Å². The fourth-order valence-corrected chi connectivity index (χ4v) is 1.85. The second kappa shape index (κ2) is 4.56. The minimum Gasteiger partial charge on any atom is -0.368 e. The van der Waals surface area contributed by atoms with Gasteiger partial charge in [-0.05, 0) is 12.1 Å². The molecule has 0 aliphatic rings. The smallest absolute Gasteiger partial charge is 0.283 e. The van der Waals surface area contributed by atoms with Gasteiger partial charge >= 0.3 is 0 Å². The maximum atomic E-state index is 12.8. The Hall–Kier alpha value is -1.50. The van der Waals surface area contributed by atoms with Crippen LogP contribution in [0, 0.1) is 11.6 Å². The topological polar surface area (TPSA) is 49.7 Å². The van der Waals surface area contributed by atoms with Crippen LogP contribution in [0.15, 0.2) is 27.5 Å². The van der Waals surface area contributed by atoms with Crippen molar-refractivity contribution in [2.45, 2.75) is 4.90 Å². The monoisotopic (exact) mass is 248 g/mol. The van der Waals surface area contributed by atoms with Gasteiger partial charge in [0.2, 0.25) is 0 Å². The molecule has 0 spiro atoms. The summed E-state index contributed by atoms with van der Waals surface area (Å²) in [5.74, 6) is -1.92. The summed E-state index contributed by atoms with van der Waals surface area (Å²) in [5.41, 5.74) is 0. The van der Waals surface area contributed by atoms with Crippen molar-refractivity contribution in [2.75, 3.05) is 14.1 Å². The van der Waals surface area contributed by atoms with E-state index in [1.807, 2.05) is 0 Å². The fraction of sp³-hybridized carbons (Fsp3) is 0.222. The van der Waals surface area contributed by atoms with Crippen molar-refractivity contribution < 1.29 is 17.2 Å². The molecule has 4 nitrogen and oxygen atoms in total. The van der Waals surface area contributed by atoms with Crippen LogP contribution in [0.2, 0.25) is 0 Å². The Balaban J connectivity index is 3.17. The van der Waals surface area contributed by atoms with Crippen molar-refractivity contribution in [1.29, 1.82) is 0 Å². The minimum absolute atomic E-state index is 0.511. The third-order valence-corrected chi connectivity index (χ3v) is 2.75. The first-order chi connectivity index (χ1) is 7.31. The van der Waals surface area contributed by atoms with E-state index in [2.05, 4.69) is 4.40 Å². The van der Waals surface area contributed by atoms with Crippen LogP contribution in [0.1, 0.15) is 0 Å². The lowest BCUT2D eigenvalue weighted by atomic mass is 10.3. The van der Waals surface area contributed by atoms with Gasteiger partial charge in [-0.15, -0.1) is 4.40 Å². The van der Waals surface area contributed by atoms with Crippen molar-refractivity contribution in [3.8, 4) is 0 Å². The van der Waals surface area contributed by atoms with E-state index in [0.717, 1.165) is 6.34 Å². The quantitative estimate of drug-likeness (QED) is 0.597. The highest BCUT2D eigenvalue weighted by Gasteiger charge is 2.14. The zero-order valence-electron chi connectivity index (χ0n) is 8.68. The van der Waals surface area contributed by atoms with E-state index in [0.29, 0.717) is 18.2 Å². The van der Waals surface area contributed by atoms with Crippen molar-refractivity contribution >= 4 is 16.4 Å². The predicted octanol–water partition coefficient (Wildman–Crippen LogP) is 1.24. The SMILES string of the molecule is CN(C)/C=N/S(=O)(=O)c1cc(F)cc(F)c1. The molecule has 7 heteroatoms. The maximum absolute atomic E-state index is 12.8. The number of hydrogen-bond donors (Lipinski definition) is 0. The Morgan fingerprint density at radius 3 is 2.12 bits per heavy atom. The second-order valence-electron chi connectivity index (χ2n) is 3.26. The first-order valence-electron chi connectivity index (χ1n) is 4.24. The van der Waals surface area contributed by atoms with Crippen LogP contribution in [0.25, 0.3) is 0 Å². The van der Waals surface area contributed by atoms with E-state index in [-0.39, 0.29) is 0 Å². The molecule has 1 aromatic carbocycles. The highest BCUT2D eigenvalue weighted by molar-refractivity contribution is 7.90. The fourth-order valence-electron chi connectivity index (χ4n) is 0.895. The number of halogens is 2. The normalized spacial score (nSPS) is 12.0. The number of hydrogen-bond acceptors (Lipinski definition) is 2. The van der Waals surface area contributed by atoms with E-state index < -0.39 is 26.6 Å². The molecule has 0 N–H and O–H groups in total. The standard InChI is InChI=1S/C9H10F2N2O2S/c1-13(2)6-12-16(14,15)9-4-7(10)3-8(11)5-9/h3-6H,1-2H3/b12-6+. The van der Waals surface area contributed by atoms with Crippen LogP contribution in [-0.4, -0.2) is 33.8 Å². The zero-order chi connectivity index (χ0) is 12.3. The Kier molecular flexibility index (Phi) is 3.58. The Morgan fingerprint density at radius 1 is 1.19 bits per heavy atom. The molecular weight excluding hydrogens is 238 g/mol. The third kappa shape index (κ3) is 3.27. The second-order valence-corrected chi connectivity index (χ2v) is 4.90. The summed E-state index contributed by atoms with van der Waals surface area (Å²) in [4.78, 5) is 0.885. The molecule has 0 atom stereocenters. The van der Waals surface area contributed by atoms with Gasteiger partial charge in [-0.1, -0.05) is 0 Å². The molecule has 0 saturated carbocycles. The highest BCUT2D eigenvalue weighted by Crippen LogP contribution is 2.15. The van der Waals surface area contributed by atoms with Crippen LogP contribution in [0.4, 0.5) is 8.78 Å². The zero-order valence-corrected chi connectivity index (χ0v) is 9.50. The van der Waals surface area contributed by atoms with Gasteiger partial charge in [0.15, 0.2) is 0 Å². The first kappa shape index (κ1) is 12.6. The lowest BCUT2D eigenvalue weighted by Gasteiger charge is -2.03. The summed E-state index contributed by atoms with van der Waals surface area (Å²) in [5, 5.41) is 0. The maximum Gasteiger partial charge on any atom is 0.283 e. The molecule has 0 saturated heterocycles. The summed E-state index contributed by atoms with van der Waals surface area (Å²) >= 11 is 0. The Morgan fingerprint density at radius 2 is 1.69 bits per heavy atom. The summed E-state index contributed by atoms with van der Waals surface area (Å²) in [6, 6.07) is 2.02. The van der Waals surface area contributed by atoms with E-state index >= 15 is 0 Å². The molecule has 1 rings (SSSR count). The number of sulfonamides is 1. The van der Waals surface area contributed by atoms with Gasteiger partial charge in [-0.3, -0.25) is 0 Å². The number of benzene rings is 1. The Labute approximate surface area is 92.3 Å². The van der Waals surface area contributed by atoms with E-state index in [1.54, 1.807) is 14.1 Å². The van der Waals surface area contributed by atoms with E-state index in [1.165, 1.54) is 4.90 Å². The Bertz CT molecular complexity index is 492. The molecule has 0 aliphatic heterocycles. The van der Waals surface area contributed by atoms with Crippen LogP contribution in [0.5, 0.6) is 0 Å². The summed E-state index contributed by atoms with van der Waals surface area (Å²) in [7, 11) is -0.903. The molecule has 0 bridgehead atoms. The molecule has 0 amide bonds. The molecule has 0 fully saturated rings. The van der Waals surface area contributed by atoms with Crippen LogP contribution in [-0.2, 0) is 10.0 Å². The molecule has 88 valence electrons. The first-order valence-corrected chi connectivity index (χ1v) is 5.68. The van der Waals surface area contributed by atoms with Gasteiger partial charge in [-0.2, -0.15) is 8.42 Å². The molecule has 0 radical (unpaired) electrons. The largest absolute Gasteiger partial charge is 0.368 e. The average Bonchev–Trinajstić information content (AvgIpc) is 2.13. The molecule has 1 aromatic rings.